The van der Waals surface area contributed by atoms with E-state index in [-0.39, 0.29) is 5.91 Å². The van der Waals surface area contributed by atoms with Crippen LogP contribution in [-0.2, 0) is 22.1 Å². The summed E-state index contributed by atoms with van der Waals surface area (Å²) in [7, 11) is 0. The van der Waals surface area contributed by atoms with Crippen LogP contribution in [0.4, 0.5) is 28.8 Å². The third-order valence-electron chi connectivity index (χ3n) is 6.20. The number of alkyl halides is 3. The quantitative estimate of drug-likeness (QED) is 0.278. The highest BCUT2D eigenvalue weighted by Gasteiger charge is 2.30. The third-order valence-corrected chi connectivity index (χ3v) is 7.01. The molecule has 0 aliphatic heterocycles. The van der Waals surface area contributed by atoms with Gasteiger partial charge in [0.1, 0.15) is 11.4 Å². The number of ether oxygens (including phenoxy) is 2. The van der Waals surface area contributed by atoms with Crippen molar-refractivity contribution in [1.29, 1.82) is 0 Å². The second-order valence-electron chi connectivity index (χ2n) is 10.6. The highest BCUT2D eigenvalue weighted by molar-refractivity contribution is 7.13. The number of amides is 2. The molecule has 218 valence electrons. The van der Waals surface area contributed by atoms with E-state index in [1.807, 2.05) is 5.38 Å². The molecular weight excluding hydrogens is 555 g/mol. The zero-order valence-electron chi connectivity index (χ0n) is 23.1. The van der Waals surface area contributed by atoms with Crippen molar-refractivity contribution in [3.63, 3.8) is 0 Å². The summed E-state index contributed by atoms with van der Waals surface area (Å²) < 4.78 is 49.9. The van der Waals surface area contributed by atoms with Crippen molar-refractivity contribution in [3.8, 4) is 5.75 Å². The molecule has 1 heterocycles. The van der Waals surface area contributed by atoms with Crippen LogP contribution in [0.2, 0.25) is 0 Å². The summed E-state index contributed by atoms with van der Waals surface area (Å²) in [6.45, 7) is 5.72. The van der Waals surface area contributed by atoms with Crippen LogP contribution in [0.15, 0.2) is 59.5 Å². The largest absolute Gasteiger partial charge is 0.493 e. The SMILES string of the molecule is CC(C)(C)OC(=O)Nc1nc(CCOc2ccc(NC(=O)C3=C(c4ccc(C(F)(F)F)cc4)CCCC3)cc2)cs1. The minimum absolute atomic E-state index is 0.257. The van der Waals surface area contributed by atoms with Crippen molar-refractivity contribution in [2.45, 2.75) is 64.7 Å². The first-order chi connectivity index (χ1) is 19.4. The molecule has 0 unspecified atom stereocenters. The van der Waals surface area contributed by atoms with E-state index in [0.29, 0.717) is 53.6 Å². The number of carbonyl (C=O) groups is 2. The van der Waals surface area contributed by atoms with Gasteiger partial charge in [0.15, 0.2) is 5.13 Å². The Bertz CT molecular complexity index is 1390. The lowest BCUT2D eigenvalue weighted by molar-refractivity contribution is -0.137. The number of carbonyl (C=O) groups excluding carboxylic acids is 2. The summed E-state index contributed by atoms with van der Waals surface area (Å²) in [4.78, 5) is 29.4. The van der Waals surface area contributed by atoms with Gasteiger partial charge in [0.2, 0.25) is 0 Å². The number of anilines is 2. The smallest absolute Gasteiger partial charge is 0.416 e. The van der Waals surface area contributed by atoms with Gasteiger partial charge in [-0.15, -0.1) is 11.3 Å². The van der Waals surface area contributed by atoms with E-state index in [4.69, 9.17) is 9.47 Å². The van der Waals surface area contributed by atoms with Crippen LogP contribution < -0.4 is 15.4 Å². The summed E-state index contributed by atoms with van der Waals surface area (Å²) in [6.07, 6.45) is -1.50. The van der Waals surface area contributed by atoms with Gasteiger partial charge < -0.3 is 14.8 Å². The molecule has 0 saturated carbocycles. The lowest BCUT2D eigenvalue weighted by Gasteiger charge is -2.21. The van der Waals surface area contributed by atoms with Gasteiger partial charge in [-0.1, -0.05) is 12.1 Å². The second kappa shape index (κ2) is 12.8. The minimum atomic E-state index is -4.40. The average molecular weight is 588 g/mol. The van der Waals surface area contributed by atoms with Crippen molar-refractivity contribution < 1.29 is 32.2 Å². The lowest BCUT2D eigenvalue weighted by atomic mass is 9.86. The van der Waals surface area contributed by atoms with E-state index < -0.39 is 23.4 Å². The number of halogens is 3. The summed E-state index contributed by atoms with van der Waals surface area (Å²) in [6, 6.07) is 12.0. The number of hydrogen-bond acceptors (Lipinski definition) is 6. The van der Waals surface area contributed by atoms with E-state index >= 15 is 0 Å². The number of allylic oxidation sites excluding steroid dienone is 1. The average Bonchev–Trinajstić information content (AvgIpc) is 3.35. The molecule has 2 N–H and O–H groups in total. The van der Waals surface area contributed by atoms with Crippen molar-refractivity contribution in [2.24, 2.45) is 0 Å². The van der Waals surface area contributed by atoms with Crippen LogP contribution in [0.25, 0.3) is 5.57 Å². The monoisotopic (exact) mass is 587 g/mol. The molecule has 3 aromatic rings. The summed E-state index contributed by atoms with van der Waals surface area (Å²) >= 11 is 1.30. The van der Waals surface area contributed by atoms with Gasteiger partial charge in [0, 0.05) is 23.1 Å². The Kier molecular flexibility index (Phi) is 9.37. The maximum atomic E-state index is 13.1. The van der Waals surface area contributed by atoms with Gasteiger partial charge in [0.25, 0.3) is 5.91 Å². The van der Waals surface area contributed by atoms with Crippen LogP contribution in [0.3, 0.4) is 0 Å². The number of benzene rings is 2. The van der Waals surface area contributed by atoms with Gasteiger partial charge in [-0.2, -0.15) is 13.2 Å². The minimum Gasteiger partial charge on any atom is -0.493 e. The molecule has 0 bridgehead atoms. The summed E-state index contributed by atoms with van der Waals surface area (Å²) in [5.41, 5.74) is 2.08. The van der Waals surface area contributed by atoms with Crippen molar-refractivity contribution >= 4 is 39.7 Å². The molecule has 11 heteroatoms. The van der Waals surface area contributed by atoms with E-state index in [1.165, 1.54) is 23.5 Å². The molecule has 0 fully saturated rings. The molecule has 1 aliphatic carbocycles. The van der Waals surface area contributed by atoms with Gasteiger partial charge in [0.05, 0.1) is 17.9 Å². The molecule has 0 saturated heterocycles. The fourth-order valence-corrected chi connectivity index (χ4v) is 5.05. The zero-order chi connectivity index (χ0) is 29.6. The lowest BCUT2D eigenvalue weighted by Crippen LogP contribution is -2.27. The summed E-state index contributed by atoms with van der Waals surface area (Å²) in [5.74, 6) is 0.361. The molecular formula is C30H32F3N3O4S. The topological polar surface area (TPSA) is 89.6 Å². The molecule has 0 atom stereocenters. The van der Waals surface area contributed by atoms with Crippen LogP contribution in [-0.4, -0.2) is 29.2 Å². The highest BCUT2D eigenvalue weighted by atomic mass is 32.1. The van der Waals surface area contributed by atoms with Gasteiger partial charge >= 0.3 is 12.3 Å². The van der Waals surface area contributed by atoms with Crippen molar-refractivity contribution in [3.05, 3.63) is 76.3 Å². The first-order valence-corrected chi connectivity index (χ1v) is 14.1. The van der Waals surface area contributed by atoms with Crippen LogP contribution >= 0.6 is 11.3 Å². The predicted octanol–water partition coefficient (Wildman–Crippen LogP) is 8.10. The summed E-state index contributed by atoms with van der Waals surface area (Å²) in [5, 5.41) is 7.81. The Balaban J connectivity index is 1.30. The molecule has 2 amide bonds. The highest BCUT2D eigenvalue weighted by Crippen LogP contribution is 2.35. The number of aromatic nitrogens is 1. The maximum absolute atomic E-state index is 13.1. The number of thiazole rings is 1. The van der Waals surface area contributed by atoms with E-state index in [0.717, 1.165) is 36.2 Å². The van der Waals surface area contributed by atoms with Crippen LogP contribution in [0.5, 0.6) is 5.75 Å². The molecule has 7 nitrogen and oxygen atoms in total. The van der Waals surface area contributed by atoms with Gasteiger partial charge in [-0.05, 0) is 94.0 Å². The molecule has 4 rings (SSSR count). The molecule has 1 aliphatic rings. The Morgan fingerprint density at radius 1 is 0.951 bits per heavy atom. The Hall–Kier alpha value is -3.86. The normalized spacial score (nSPS) is 14.0. The van der Waals surface area contributed by atoms with Gasteiger partial charge in [-0.3, -0.25) is 10.1 Å². The number of nitrogens with one attached hydrogen (secondary N) is 2. The standard InChI is InChI=1S/C30H32F3N3O4S/c1-29(2,3)40-28(38)36-27-35-22(18-41-27)16-17-39-23-14-12-21(13-15-23)34-26(37)25-7-5-4-6-24(25)19-8-10-20(11-9-19)30(31,32)33/h8-15,18H,4-7,16-17H2,1-3H3,(H,34,37)(H,35,36,38). The molecule has 41 heavy (non-hydrogen) atoms. The number of hydrogen-bond donors (Lipinski definition) is 2. The zero-order valence-corrected chi connectivity index (χ0v) is 23.9. The van der Waals surface area contributed by atoms with E-state index in [1.54, 1.807) is 45.0 Å². The molecule has 0 spiro atoms. The van der Waals surface area contributed by atoms with Crippen LogP contribution in [0.1, 0.15) is 63.3 Å². The predicted molar refractivity (Wildman–Crippen MR) is 153 cm³/mol. The number of rotatable bonds is 8. The van der Waals surface area contributed by atoms with Crippen molar-refractivity contribution in [1.82, 2.24) is 4.98 Å². The third kappa shape index (κ3) is 8.81. The first-order valence-electron chi connectivity index (χ1n) is 13.3. The van der Waals surface area contributed by atoms with E-state index in [2.05, 4.69) is 15.6 Å². The fourth-order valence-electron chi connectivity index (χ4n) is 4.32. The molecule has 1 aromatic heterocycles. The van der Waals surface area contributed by atoms with Crippen LogP contribution in [0, 0.1) is 0 Å². The Morgan fingerprint density at radius 3 is 2.29 bits per heavy atom. The van der Waals surface area contributed by atoms with Crippen molar-refractivity contribution in [2.75, 3.05) is 17.2 Å². The Morgan fingerprint density at radius 2 is 1.63 bits per heavy atom. The number of nitrogens with zero attached hydrogens (tertiary/aromatic N) is 1. The molecule has 0 radical (unpaired) electrons. The fraction of sp³-hybridized carbons (Fsp3) is 0.367. The molecule has 2 aromatic carbocycles. The maximum Gasteiger partial charge on any atom is 0.416 e. The van der Waals surface area contributed by atoms with E-state index in [9.17, 15) is 22.8 Å². The Labute approximate surface area is 240 Å². The first kappa shape index (κ1) is 30.1. The van der Waals surface area contributed by atoms with Gasteiger partial charge in [-0.25, -0.2) is 9.78 Å². The second-order valence-corrected chi connectivity index (χ2v) is 11.4.